The Bertz CT molecular complexity index is 687. The highest BCUT2D eigenvalue weighted by Gasteiger charge is 2.51. The minimum Gasteiger partial charge on any atom is -0.490 e. The van der Waals surface area contributed by atoms with Crippen molar-refractivity contribution in [3.63, 3.8) is 0 Å². The van der Waals surface area contributed by atoms with Crippen molar-refractivity contribution in [3.8, 4) is 5.75 Å². The summed E-state index contributed by atoms with van der Waals surface area (Å²) in [6.07, 6.45) is 5.99. The first-order chi connectivity index (χ1) is 12.8. The van der Waals surface area contributed by atoms with E-state index in [1.807, 2.05) is 11.8 Å². The predicted octanol–water partition coefficient (Wildman–Crippen LogP) is 4.12. The maximum atomic E-state index is 12.5. The molecule has 1 heterocycles. The van der Waals surface area contributed by atoms with Crippen LogP contribution in [-0.4, -0.2) is 40.7 Å². The van der Waals surface area contributed by atoms with E-state index in [-0.39, 0.29) is 11.8 Å². The monoisotopic (exact) mass is 371 g/mol. The minimum absolute atomic E-state index is 0.0465. The molecule has 3 aliphatic rings. The van der Waals surface area contributed by atoms with Gasteiger partial charge < -0.3 is 14.7 Å². The van der Waals surface area contributed by atoms with Crippen LogP contribution in [-0.2, 0) is 4.79 Å². The number of hydrogen-bond acceptors (Lipinski definition) is 3. The quantitative estimate of drug-likeness (QED) is 0.866. The molecular weight excluding hydrogens is 338 g/mol. The number of rotatable bonds is 4. The average Bonchev–Trinajstić information content (AvgIpc) is 2.58. The number of carbonyl (C=O) groups excluding carboxylic acids is 1. The molecule has 1 amide bonds. The molecule has 27 heavy (non-hydrogen) atoms. The summed E-state index contributed by atoms with van der Waals surface area (Å²) in [6.45, 7) is 8.04. The third-order valence-electron chi connectivity index (χ3n) is 6.91. The maximum Gasteiger partial charge on any atom is 0.225 e. The van der Waals surface area contributed by atoms with Crippen LogP contribution in [0.3, 0.4) is 0 Å². The van der Waals surface area contributed by atoms with Gasteiger partial charge >= 0.3 is 0 Å². The topological polar surface area (TPSA) is 49.8 Å². The molecule has 0 atom stereocenters. The van der Waals surface area contributed by atoms with Gasteiger partial charge in [0.2, 0.25) is 5.91 Å². The summed E-state index contributed by atoms with van der Waals surface area (Å²) < 4.78 is 6.26. The summed E-state index contributed by atoms with van der Waals surface area (Å²) in [5.41, 5.74) is 1.02. The van der Waals surface area contributed by atoms with E-state index in [1.54, 1.807) is 0 Å². The first-order valence-electron chi connectivity index (χ1n) is 10.5. The van der Waals surface area contributed by atoms with Crippen molar-refractivity contribution in [2.75, 3.05) is 13.1 Å². The van der Waals surface area contributed by atoms with Crippen molar-refractivity contribution in [1.29, 1.82) is 0 Å². The summed E-state index contributed by atoms with van der Waals surface area (Å²) in [5.74, 6) is 1.81. The zero-order valence-electron chi connectivity index (χ0n) is 16.9. The molecule has 4 heteroatoms. The number of likely N-dealkylation sites (tertiary alicyclic amines) is 1. The van der Waals surface area contributed by atoms with E-state index < -0.39 is 5.60 Å². The summed E-state index contributed by atoms with van der Waals surface area (Å²) >= 11 is 0. The Morgan fingerprint density at radius 1 is 1.22 bits per heavy atom. The first-order valence-corrected chi connectivity index (χ1v) is 10.5. The van der Waals surface area contributed by atoms with Gasteiger partial charge in [0, 0.05) is 24.4 Å². The van der Waals surface area contributed by atoms with Crippen molar-refractivity contribution in [2.45, 2.75) is 76.9 Å². The number of carbonyl (C=O) groups is 1. The summed E-state index contributed by atoms with van der Waals surface area (Å²) in [4.78, 5) is 14.5. The number of ether oxygens (including phenoxy) is 1. The molecule has 0 radical (unpaired) electrons. The van der Waals surface area contributed by atoms with E-state index in [0.29, 0.717) is 30.3 Å². The van der Waals surface area contributed by atoms with Gasteiger partial charge in [0.1, 0.15) is 5.75 Å². The second-order valence-electron chi connectivity index (χ2n) is 9.84. The highest BCUT2D eigenvalue weighted by Crippen LogP contribution is 2.47. The second-order valence-corrected chi connectivity index (χ2v) is 9.84. The predicted molar refractivity (Wildman–Crippen MR) is 106 cm³/mol. The van der Waals surface area contributed by atoms with Crippen LogP contribution in [0.15, 0.2) is 24.3 Å². The summed E-state index contributed by atoms with van der Waals surface area (Å²) in [5, 5.41) is 9.86. The van der Waals surface area contributed by atoms with Crippen molar-refractivity contribution in [2.24, 2.45) is 11.3 Å². The van der Waals surface area contributed by atoms with Gasteiger partial charge in [-0.25, -0.2) is 0 Å². The van der Waals surface area contributed by atoms with E-state index in [2.05, 4.69) is 38.1 Å². The molecule has 1 spiro atoms. The lowest BCUT2D eigenvalue weighted by Gasteiger charge is -2.55. The zero-order valence-corrected chi connectivity index (χ0v) is 16.9. The van der Waals surface area contributed by atoms with Crippen LogP contribution in [0.4, 0.5) is 0 Å². The summed E-state index contributed by atoms with van der Waals surface area (Å²) in [6, 6.07) is 8.48. The Morgan fingerprint density at radius 3 is 2.48 bits per heavy atom. The highest BCUT2D eigenvalue weighted by molar-refractivity contribution is 5.81. The van der Waals surface area contributed by atoms with E-state index in [4.69, 9.17) is 4.74 Å². The van der Waals surface area contributed by atoms with Crippen LogP contribution in [0.1, 0.15) is 70.8 Å². The van der Waals surface area contributed by atoms with Gasteiger partial charge in [-0.3, -0.25) is 4.79 Å². The molecule has 2 saturated carbocycles. The van der Waals surface area contributed by atoms with Gasteiger partial charge in [-0.2, -0.15) is 0 Å². The smallest absolute Gasteiger partial charge is 0.225 e. The van der Waals surface area contributed by atoms with Crippen LogP contribution < -0.4 is 4.74 Å². The van der Waals surface area contributed by atoms with E-state index in [1.165, 1.54) is 5.56 Å². The van der Waals surface area contributed by atoms with Gasteiger partial charge in [0.25, 0.3) is 0 Å². The number of hydrogen-bond donors (Lipinski definition) is 1. The lowest BCUT2D eigenvalue weighted by Crippen LogP contribution is -2.63. The standard InChI is InChI=1S/C23H33NO3/c1-16(2)17-5-4-6-20(11-17)27-19-7-9-23(10-8-19)14-24(15-23)21(25)18-12-22(3,26)13-18/h4-6,11,16,18-19,26H,7-10,12-15H2,1-3H3/t18-,22+. The molecule has 1 aromatic rings. The lowest BCUT2D eigenvalue weighted by molar-refractivity contribution is -0.164. The van der Waals surface area contributed by atoms with Gasteiger partial charge in [-0.15, -0.1) is 0 Å². The van der Waals surface area contributed by atoms with E-state index in [0.717, 1.165) is 44.5 Å². The number of amides is 1. The van der Waals surface area contributed by atoms with Gasteiger partial charge in [-0.1, -0.05) is 26.0 Å². The third kappa shape index (κ3) is 3.87. The average molecular weight is 372 g/mol. The van der Waals surface area contributed by atoms with Gasteiger partial charge in [0.15, 0.2) is 0 Å². The fourth-order valence-electron chi connectivity index (χ4n) is 5.13. The maximum absolute atomic E-state index is 12.5. The fraction of sp³-hybridized carbons (Fsp3) is 0.696. The molecule has 1 aromatic carbocycles. The molecule has 148 valence electrons. The molecule has 2 aliphatic carbocycles. The normalized spacial score (nSPS) is 30.1. The Morgan fingerprint density at radius 2 is 1.89 bits per heavy atom. The molecule has 3 fully saturated rings. The molecule has 4 nitrogen and oxygen atoms in total. The largest absolute Gasteiger partial charge is 0.490 e. The van der Waals surface area contributed by atoms with Crippen LogP contribution >= 0.6 is 0 Å². The molecule has 0 unspecified atom stereocenters. The van der Waals surface area contributed by atoms with Gasteiger partial charge in [-0.05, 0) is 69.1 Å². The van der Waals surface area contributed by atoms with Crippen LogP contribution in [0.2, 0.25) is 0 Å². The molecule has 1 N–H and O–H groups in total. The van der Waals surface area contributed by atoms with Crippen LogP contribution in [0, 0.1) is 11.3 Å². The van der Waals surface area contributed by atoms with E-state index >= 15 is 0 Å². The lowest BCUT2D eigenvalue weighted by atomic mass is 9.66. The van der Waals surface area contributed by atoms with E-state index in [9.17, 15) is 9.90 Å². The third-order valence-corrected chi connectivity index (χ3v) is 6.91. The highest BCUT2D eigenvalue weighted by atomic mass is 16.5. The van der Waals surface area contributed by atoms with Crippen molar-refractivity contribution >= 4 is 5.91 Å². The number of aliphatic hydroxyl groups is 1. The van der Waals surface area contributed by atoms with Crippen LogP contribution in [0.25, 0.3) is 0 Å². The Labute approximate surface area is 162 Å². The van der Waals surface area contributed by atoms with Crippen LogP contribution in [0.5, 0.6) is 5.75 Å². The minimum atomic E-state index is -0.620. The van der Waals surface area contributed by atoms with Crippen molar-refractivity contribution < 1.29 is 14.6 Å². The summed E-state index contributed by atoms with van der Waals surface area (Å²) in [7, 11) is 0. The molecule has 0 bridgehead atoms. The second kappa shape index (κ2) is 6.80. The van der Waals surface area contributed by atoms with Crippen molar-refractivity contribution in [3.05, 3.63) is 29.8 Å². The number of benzene rings is 1. The van der Waals surface area contributed by atoms with Crippen molar-refractivity contribution in [1.82, 2.24) is 4.90 Å². The molecule has 1 aliphatic heterocycles. The SMILES string of the molecule is CC(C)c1cccc(OC2CCC3(CC2)CN(C(=O)[C@H]2C[C@@](C)(O)C2)C3)c1. The number of nitrogens with zero attached hydrogens (tertiary/aromatic N) is 1. The Balaban J connectivity index is 1.24. The molecular formula is C23H33NO3. The first kappa shape index (κ1) is 18.8. The molecule has 0 aromatic heterocycles. The Hall–Kier alpha value is -1.55. The molecule has 1 saturated heterocycles. The zero-order chi connectivity index (χ0) is 19.2. The Kier molecular flexibility index (Phi) is 4.74. The fourth-order valence-corrected chi connectivity index (χ4v) is 5.13. The van der Waals surface area contributed by atoms with Gasteiger partial charge in [0.05, 0.1) is 11.7 Å². The molecule has 4 rings (SSSR count).